The molecule has 0 spiro atoms. The summed E-state index contributed by atoms with van der Waals surface area (Å²) in [5.41, 5.74) is 3.87. The number of benzene rings is 2. The number of carboxylic acids is 1. The number of nitrogens with one attached hydrogen (secondary N) is 1. The lowest BCUT2D eigenvalue weighted by atomic mass is 10.0. The van der Waals surface area contributed by atoms with Gasteiger partial charge < -0.3 is 10.4 Å². The number of hydrogen-bond donors (Lipinski definition) is 2. The highest BCUT2D eigenvalue weighted by molar-refractivity contribution is 6.05. The van der Waals surface area contributed by atoms with Gasteiger partial charge in [0.25, 0.3) is 5.91 Å². The van der Waals surface area contributed by atoms with Gasteiger partial charge in [-0.3, -0.25) is 9.59 Å². The zero-order valence-corrected chi connectivity index (χ0v) is 12.0. The Morgan fingerprint density at radius 1 is 1.10 bits per heavy atom. The molecule has 4 nitrogen and oxygen atoms in total. The molecule has 0 atom stereocenters. The monoisotopic (exact) mass is 283 g/mol. The normalized spacial score (nSPS) is 10.2. The Kier molecular flexibility index (Phi) is 4.38. The fourth-order valence-electron chi connectivity index (χ4n) is 2.13. The van der Waals surface area contributed by atoms with Crippen LogP contribution in [0.2, 0.25) is 0 Å². The molecule has 0 heterocycles. The summed E-state index contributed by atoms with van der Waals surface area (Å²) >= 11 is 0. The number of aryl methyl sites for hydroxylation is 1. The predicted molar refractivity (Wildman–Crippen MR) is 81.7 cm³/mol. The highest BCUT2D eigenvalue weighted by Crippen LogP contribution is 2.16. The summed E-state index contributed by atoms with van der Waals surface area (Å²) in [4.78, 5) is 23.0. The molecule has 2 rings (SSSR count). The number of aliphatic carboxylic acids is 1. The maximum atomic E-state index is 12.3. The first-order chi connectivity index (χ1) is 9.97. The van der Waals surface area contributed by atoms with Crippen LogP contribution < -0.4 is 5.32 Å². The first-order valence-corrected chi connectivity index (χ1v) is 6.65. The van der Waals surface area contributed by atoms with Crippen LogP contribution in [0.5, 0.6) is 0 Å². The Morgan fingerprint density at radius 3 is 2.52 bits per heavy atom. The fourth-order valence-corrected chi connectivity index (χ4v) is 2.13. The standard InChI is InChI=1S/C17H17NO3/c1-11-5-3-8-15(12(11)2)17(21)18-14-7-4-6-13(9-14)10-16(19)20/h3-9H,10H2,1-2H3,(H,18,21)(H,19,20). The van der Waals surface area contributed by atoms with E-state index in [1.54, 1.807) is 30.3 Å². The first kappa shape index (κ1) is 14.8. The van der Waals surface area contributed by atoms with Crippen LogP contribution in [0.1, 0.15) is 27.0 Å². The van der Waals surface area contributed by atoms with E-state index >= 15 is 0 Å². The molecule has 0 aliphatic rings. The van der Waals surface area contributed by atoms with E-state index < -0.39 is 5.97 Å². The van der Waals surface area contributed by atoms with Gasteiger partial charge in [0.1, 0.15) is 0 Å². The molecule has 0 bridgehead atoms. The zero-order valence-electron chi connectivity index (χ0n) is 12.0. The second-order valence-electron chi connectivity index (χ2n) is 4.97. The van der Waals surface area contributed by atoms with Gasteiger partial charge in [-0.15, -0.1) is 0 Å². The third-order valence-corrected chi connectivity index (χ3v) is 3.39. The third-order valence-electron chi connectivity index (χ3n) is 3.39. The molecule has 1 amide bonds. The molecule has 0 radical (unpaired) electrons. The largest absolute Gasteiger partial charge is 0.481 e. The van der Waals surface area contributed by atoms with Crippen molar-refractivity contribution < 1.29 is 14.7 Å². The maximum Gasteiger partial charge on any atom is 0.307 e. The molecule has 0 aliphatic carbocycles. The summed E-state index contributed by atoms with van der Waals surface area (Å²) in [5, 5.41) is 11.6. The van der Waals surface area contributed by atoms with E-state index in [1.165, 1.54) is 0 Å². The Bertz CT molecular complexity index is 692. The Labute approximate surface area is 123 Å². The van der Waals surface area contributed by atoms with Crippen molar-refractivity contribution in [2.75, 3.05) is 5.32 Å². The Hall–Kier alpha value is -2.62. The molecule has 21 heavy (non-hydrogen) atoms. The van der Waals surface area contributed by atoms with Gasteiger partial charge in [-0.25, -0.2) is 0 Å². The lowest BCUT2D eigenvalue weighted by Gasteiger charge is -2.10. The van der Waals surface area contributed by atoms with Crippen molar-refractivity contribution in [3.63, 3.8) is 0 Å². The van der Waals surface area contributed by atoms with Gasteiger partial charge in [0.2, 0.25) is 0 Å². The molecule has 108 valence electrons. The number of carbonyl (C=O) groups is 2. The van der Waals surface area contributed by atoms with E-state index in [2.05, 4.69) is 5.32 Å². The van der Waals surface area contributed by atoms with Gasteiger partial charge in [0.05, 0.1) is 6.42 Å². The molecule has 2 aromatic rings. The van der Waals surface area contributed by atoms with Crippen LogP contribution in [0, 0.1) is 13.8 Å². The van der Waals surface area contributed by atoms with Crippen LogP contribution in [0.4, 0.5) is 5.69 Å². The number of hydrogen-bond acceptors (Lipinski definition) is 2. The molecular formula is C17H17NO3. The number of rotatable bonds is 4. The average molecular weight is 283 g/mol. The summed E-state index contributed by atoms with van der Waals surface area (Å²) in [6.07, 6.45) is -0.0623. The highest BCUT2D eigenvalue weighted by atomic mass is 16.4. The minimum absolute atomic E-state index is 0.0623. The summed E-state index contributed by atoms with van der Waals surface area (Å²) in [7, 11) is 0. The minimum atomic E-state index is -0.895. The average Bonchev–Trinajstić information content (AvgIpc) is 2.41. The molecule has 2 aromatic carbocycles. The van der Waals surface area contributed by atoms with E-state index in [0.717, 1.165) is 11.1 Å². The minimum Gasteiger partial charge on any atom is -0.481 e. The molecule has 0 aromatic heterocycles. The van der Waals surface area contributed by atoms with Crippen LogP contribution in [0.3, 0.4) is 0 Å². The van der Waals surface area contributed by atoms with Crippen LogP contribution in [0.15, 0.2) is 42.5 Å². The second kappa shape index (κ2) is 6.22. The van der Waals surface area contributed by atoms with Crippen molar-refractivity contribution in [3.05, 3.63) is 64.7 Å². The number of anilines is 1. The molecule has 0 aliphatic heterocycles. The van der Waals surface area contributed by atoms with E-state index in [0.29, 0.717) is 16.8 Å². The predicted octanol–water partition coefficient (Wildman–Crippen LogP) is 3.18. The lowest BCUT2D eigenvalue weighted by molar-refractivity contribution is -0.136. The van der Waals surface area contributed by atoms with Gasteiger partial charge in [-0.1, -0.05) is 24.3 Å². The van der Waals surface area contributed by atoms with Gasteiger partial charge >= 0.3 is 5.97 Å². The number of carboxylic acid groups (broad SMARTS) is 1. The highest BCUT2D eigenvalue weighted by Gasteiger charge is 2.10. The number of carbonyl (C=O) groups excluding carboxylic acids is 1. The van der Waals surface area contributed by atoms with Crippen LogP contribution >= 0.6 is 0 Å². The van der Waals surface area contributed by atoms with Crippen molar-refractivity contribution in [3.8, 4) is 0 Å². The summed E-state index contributed by atoms with van der Waals surface area (Å²) < 4.78 is 0. The summed E-state index contributed by atoms with van der Waals surface area (Å²) in [6, 6.07) is 12.5. The fraction of sp³-hybridized carbons (Fsp3) is 0.176. The molecule has 0 fully saturated rings. The van der Waals surface area contributed by atoms with Crippen molar-refractivity contribution in [2.45, 2.75) is 20.3 Å². The quantitative estimate of drug-likeness (QED) is 0.905. The van der Waals surface area contributed by atoms with E-state index in [9.17, 15) is 9.59 Å². The Morgan fingerprint density at radius 2 is 1.81 bits per heavy atom. The van der Waals surface area contributed by atoms with Gasteiger partial charge in [-0.05, 0) is 48.7 Å². The van der Waals surface area contributed by atoms with Crippen LogP contribution in [-0.2, 0) is 11.2 Å². The van der Waals surface area contributed by atoms with E-state index in [4.69, 9.17) is 5.11 Å². The third kappa shape index (κ3) is 3.69. The van der Waals surface area contributed by atoms with E-state index in [1.807, 2.05) is 26.0 Å². The van der Waals surface area contributed by atoms with Gasteiger partial charge in [-0.2, -0.15) is 0 Å². The zero-order chi connectivity index (χ0) is 15.4. The lowest BCUT2D eigenvalue weighted by Crippen LogP contribution is -2.14. The molecule has 0 saturated carbocycles. The molecule has 0 saturated heterocycles. The van der Waals surface area contributed by atoms with Gasteiger partial charge in [0, 0.05) is 11.3 Å². The van der Waals surface area contributed by atoms with Crippen LogP contribution in [0.25, 0.3) is 0 Å². The molecule has 2 N–H and O–H groups in total. The number of amides is 1. The van der Waals surface area contributed by atoms with E-state index in [-0.39, 0.29) is 12.3 Å². The van der Waals surface area contributed by atoms with Crippen molar-refractivity contribution in [1.29, 1.82) is 0 Å². The van der Waals surface area contributed by atoms with Gasteiger partial charge in [0.15, 0.2) is 0 Å². The molecule has 0 unspecified atom stereocenters. The first-order valence-electron chi connectivity index (χ1n) is 6.65. The van der Waals surface area contributed by atoms with Crippen molar-refractivity contribution >= 4 is 17.6 Å². The Balaban J connectivity index is 2.20. The summed E-state index contributed by atoms with van der Waals surface area (Å²) in [5.74, 6) is -1.09. The maximum absolute atomic E-state index is 12.3. The SMILES string of the molecule is Cc1cccc(C(=O)Nc2cccc(CC(=O)O)c2)c1C. The topological polar surface area (TPSA) is 66.4 Å². The molecular weight excluding hydrogens is 266 g/mol. The van der Waals surface area contributed by atoms with Crippen LogP contribution in [-0.4, -0.2) is 17.0 Å². The smallest absolute Gasteiger partial charge is 0.307 e. The van der Waals surface area contributed by atoms with Crippen molar-refractivity contribution in [1.82, 2.24) is 0 Å². The second-order valence-corrected chi connectivity index (χ2v) is 4.97. The van der Waals surface area contributed by atoms with Crippen molar-refractivity contribution in [2.24, 2.45) is 0 Å². The summed E-state index contributed by atoms with van der Waals surface area (Å²) in [6.45, 7) is 3.87. The molecule has 4 heteroatoms.